The summed E-state index contributed by atoms with van der Waals surface area (Å²) in [5.74, 6) is -1.12. The van der Waals surface area contributed by atoms with E-state index >= 15 is 0 Å². The zero-order valence-electron chi connectivity index (χ0n) is 17.3. The normalized spacial score (nSPS) is 12.3. The second kappa shape index (κ2) is 12.1. The molecule has 2 rings (SSSR count). The first-order valence-corrected chi connectivity index (χ1v) is 10.9. The Balaban J connectivity index is 1.84. The average Bonchev–Trinajstić information content (AvgIpc) is 3.26. The molecule has 0 unspecified atom stereocenters. The van der Waals surface area contributed by atoms with E-state index in [1.165, 1.54) is 11.3 Å². The Kier molecular flexibility index (Phi) is 9.48. The van der Waals surface area contributed by atoms with Gasteiger partial charge in [0, 0.05) is 17.1 Å². The van der Waals surface area contributed by atoms with Gasteiger partial charge in [-0.15, -0.1) is 11.3 Å². The predicted molar refractivity (Wildman–Crippen MR) is 121 cm³/mol. The molecule has 0 aliphatic rings. The highest BCUT2D eigenvalue weighted by molar-refractivity contribution is 7.12. The Bertz CT molecular complexity index is 914. The largest absolute Gasteiger partial charge is 0.380 e. The van der Waals surface area contributed by atoms with E-state index < -0.39 is 12.0 Å². The lowest BCUT2D eigenvalue weighted by Gasteiger charge is -2.20. The van der Waals surface area contributed by atoms with Crippen LogP contribution in [-0.2, 0) is 14.4 Å². The van der Waals surface area contributed by atoms with Crippen LogP contribution >= 0.6 is 22.9 Å². The number of carbonyl (C=O) groups excluding carboxylic acids is 3. The van der Waals surface area contributed by atoms with Crippen molar-refractivity contribution in [2.45, 2.75) is 32.7 Å². The minimum absolute atomic E-state index is 0.0392. The molecule has 4 N–H and O–H groups in total. The standard InChI is InChI=1S/C21H25ClN4O4S/c1-13(2)12-16(25-20(28)14-5-7-15(22)8-6-14)21(29)24-10-9-18(27)30-26-19(23)17-4-3-11-31-17/h3-8,11,13,16H,9-10,12H2,1-2H3,(H2,23,26)(H,24,29)(H,25,28)/t16-/m0/s1. The fourth-order valence-electron chi connectivity index (χ4n) is 2.57. The Morgan fingerprint density at radius 3 is 2.52 bits per heavy atom. The van der Waals surface area contributed by atoms with Gasteiger partial charge in [0.2, 0.25) is 5.91 Å². The quantitative estimate of drug-likeness (QED) is 0.216. The van der Waals surface area contributed by atoms with Gasteiger partial charge in [-0.1, -0.05) is 36.7 Å². The molecule has 1 heterocycles. The van der Waals surface area contributed by atoms with Crippen molar-refractivity contribution in [2.75, 3.05) is 6.54 Å². The monoisotopic (exact) mass is 464 g/mol. The molecule has 10 heteroatoms. The van der Waals surface area contributed by atoms with E-state index in [1.54, 1.807) is 36.4 Å². The molecule has 31 heavy (non-hydrogen) atoms. The number of nitrogens with two attached hydrogens (primary N) is 1. The predicted octanol–water partition coefficient (Wildman–Crippen LogP) is 2.92. The molecule has 8 nitrogen and oxygen atoms in total. The number of nitrogens with one attached hydrogen (secondary N) is 2. The van der Waals surface area contributed by atoms with Gasteiger partial charge in [0.15, 0.2) is 5.84 Å². The second-order valence-corrected chi connectivity index (χ2v) is 8.50. The summed E-state index contributed by atoms with van der Waals surface area (Å²) in [7, 11) is 0. The van der Waals surface area contributed by atoms with Gasteiger partial charge in [0.05, 0.1) is 11.3 Å². The van der Waals surface area contributed by atoms with Crippen molar-refractivity contribution in [2.24, 2.45) is 16.8 Å². The number of amides is 2. The highest BCUT2D eigenvalue weighted by Crippen LogP contribution is 2.11. The van der Waals surface area contributed by atoms with Crippen LogP contribution in [0.25, 0.3) is 0 Å². The number of hydrogen-bond acceptors (Lipinski definition) is 6. The van der Waals surface area contributed by atoms with Crippen LogP contribution in [0.2, 0.25) is 5.02 Å². The number of benzene rings is 1. The molecule has 0 aliphatic carbocycles. The van der Waals surface area contributed by atoms with Crippen molar-refractivity contribution in [3.63, 3.8) is 0 Å². The molecule has 2 amide bonds. The van der Waals surface area contributed by atoms with Crippen LogP contribution in [0.4, 0.5) is 0 Å². The number of amidine groups is 1. The van der Waals surface area contributed by atoms with Crippen molar-refractivity contribution in [1.29, 1.82) is 0 Å². The van der Waals surface area contributed by atoms with Crippen molar-refractivity contribution in [3.8, 4) is 0 Å². The van der Waals surface area contributed by atoms with Crippen LogP contribution in [0.15, 0.2) is 46.9 Å². The highest BCUT2D eigenvalue weighted by atomic mass is 35.5. The molecule has 1 atom stereocenters. The molecular weight excluding hydrogens is 440 g/mol. The summed E-state index contributed by atoms with van der Waals surface area (Å²) in [5, 5.41) is 11.3. The SMILES string of the molecule is CC(C)C[C@H](NC(=O)c1ccc(Cl)cc1)C(=O)NCCC(=O)O/N=C(/N)c1cccs1. The Morgan fingerprint density at radius 2 is 1.90 bits per heavy atom. The smallest absolute Gasteiger partial charge is 0.336 e. The summed E-state index contributed by atoms with van der Waals surface area (Å²) in [4.78, 5) is 42.3. The lowest BCUT2D eigenvalue weighted by atomic mass is 10.0. The number of halogens is 1. The number of hydrogen-bond donors (Lipinski definition) is 3. The topological polar surface area (TPSA) is 123 Å². The highest BCUT2D eigenvalue weighted by Gasteiger charge is 2.22. The summed E-state index contributed by atoms with van der Waals surface area (Å²) in [6.45, 7) is 3.93. The van der Waals surface area contributed by atoms with E-state index in [0.717, 1.165) is 0 Å². The van der Waals surface area contributed by atoms with Crippen LogP contribution in [0, 0.1) is 5.92 Å². The minimum Gasteiger partial charge on any atom is -0.380 e. The third-order valence-electron chi connectivity index (χ3n) is 4.08. The summed E-state index contributed by atoms with van der Waals surface area (Å²) in [5.41, 5.74) is 6.12. The second-order valence-electron chi connectivity index (χ2n) is 7.12. The van der Waals surface area contributed by atoms with Crippen LogP contribution < -0.4 is 16.4 Å². The third-order valence-corrected chi connectivity index (χ3v) is 5.23. The van der Waals surface area contributed by atoms with Crippen molar-refractivity contribution in [3.05, 3.63) is 57.2 Å². The lowest BCUT2D eigenvalue weighted by molar-refractivity contribution is -0.143. The average molecular weight is 465 g/mol. The molecule has 0 fully saturated rings. The zero-order chi connectivity index (χ0) is 22.8. The van der Waals surface area contributed by atoms with E-state index in [0.29, 0.717) is 21.9 Å². The first-order chi connectivity index (χ1) is 14.8. The molecule has 0 saturated carbocycles. The lowest BCUT2D eigenvalue weighted by Crippen LogP contribution is -2.47. The van der Waals surface area contributed by atoms with Gasteiger partial charge in [-0.05, 0) is 48.1 Å². The first-order valence-electron chi connectivity index (χ1n) is 9.67. The number of carbonyl (C=O) groups is 3. The third kappa shape index (κ3) is 8.39. The van der Waals surface area contributed by atoms with Gasteiger partial charge >= 0.3 is 5.97 Å². The summed E-state index contributed by atoms with van der Waals surface area (Å²) in [6, 6.07) is 9.19. The molecular formula is C21H25ClN4O4S. The van der Waals surface area contributed by atoms with Gasteiger partial charge in [-0.2, -0.15) is 0 Å². The van der Waals surface area contributed by atoms with E-state index in [1.807, 2.05) is 19.2 Å². The number of oxime groups is 1. The molecule has 1 aromatic carbocycles. The zero-order valence-corrected chi connectivity index (χ0v) is 18.8. The summed E-state index contributed by atoms with van der Waals surface area (Å²) < 4.78 is 0. The summed E-state index contributed by atoms with van der Waals surface area (Å²) in [6.07, 6.45) is 0.351. The molecule has 0 spiro atoms. The molecule has 1 aromatic heterocycles. The minimum atomic E-state index is -0.744. The molecule has 0 radical (unpaired) electrons. The van der Waals surface area contributed by atoms with Gasteiger partial charge < -0.3 is 21.2 Å². The van der Waals surface area contributed by atoms with Crippen LogP contribution in [-0.4, -0.2) is 36.2 Å². The number of rotatable bonds is 10. The van der Waals surface area contributed by atoms with E-state index in [9.17, 15) is 14.4 Å². The number of thiophene rings is 1. The Morgan fingerprint density at radius 1 is 1.19 bits per heavy atom. The van der Waals surface area contributed by atoms with Gasteiger partial charge in [0.25, 0.3) is 5.91 Å². The maximum atomic E-state index is 12.6. The van der Waals surface area contributed by atoms with Crippen LogP contribution in [0.3, 0.4) is 0 Å². The molecule has 0 saturated heterocycles. The molecule has 0 bridgehead atoms. The van der Waals surface area contributed by atoms with Crippen LogP contribution in [0.5, 0.6) is 0 Å². The first kappa shape index (κ1) is 24.4. The molecule has 2 aromatic rings. The van der Waals surface area contributed by atoms with E-state index in [-0.39, 0.29) is 36.5 Å². The maximum absolute atomic E-state index is 12.6. The van der Waals surface area contributed by atoms with E-state index in [4.69, 9.17) is 22.2 Å². The van der Waals surface area contributed by atoms with Crippen molar-refractivity contribution in [1.82, 2.24) is 10.6 Å². The summed E-state index contributed by atoms with van der Waals surface area (Å²) >= 11 is 7.21. The molecule has 0 aliphatic heterocycles. The fraction of sp³-hybridized carbons (Fsp3) is 0.333. The van der Waals surface area contributed by atoms with Gasteiger partial charge in [0.1, 0.15) is 6.04 Å². The van der Waals surface area contributed by atoms with E-state index in [2.05, 4.69) is 15.8 Å². The Labute approximate surface area is 189 Å². The van der Waals surface area contributed by atoms with Gasteiger partial charge in [-0.25, -0.2) is 4.79 Å². The van der Waals surface area contributed by atoms with Crippen molar-refractivity contribution >= 4 is 46.6 Å². The van der Waals surface area contributed by atoms with Crippen LogP contribution in [0.1, 0.15) is 41.9 Å². The number of nitrogens with zero attached hydrogens (tertiary/aromatic N) is 1. The Hall–Kier alpha value is -2.91. The van der Waals surface area contributed by atoms with Crippen molar-refractivity contribution < 1.29 is 19.2 Å². The fourth-order valence-corrected chi connectivity index (χ4v) is 3.32. The maximum Gasteiger partial charge on any atom is 0.336 e. The molecule has 166 valence electrons. The van der Waals surface area contributed by atoms with Gasteiger partial charge in [-0.3, -0.25) is 9.59 Å².